The monoisotopic (exact) mass is 383 g/mol. The van der Waals surface area contributed by atoms with Gasteiger partial charge in [0.15, 0.2) is 0 Å². The van der Waals surface area contributed by atoms with E-state index < -0.39 is 0 Å². The van der Waals surface area contributed by atoms with Crippen molar-refractivity contribution in [2.75, 3.05) is 6.54 Å². The predicted octanol–water partition coefficient (Wildman–Crippen LogP) is 2.73. The lowest BCUT2D eigenvalue weighted by Gasteiger charge is -2.10. The van der Waals surface area contributed by atoms with E-state index in [1.54, 1.807) is 18.3 Å². The van der Waals surface area contributed by atoms with E-state index in [-0.39, 0.29) is 30.2 Å². The number of rotatable bonds is 7. The van der Waals surface area contributed by atoms with E-state index >= 15 is 0 Å². The SMILES string of the molecule is Cc1cc(O)cc(=O)n1CCC(=O)NCCc1nc(-c2ccccc2)cs1. The highest BCUT2D eigenvalue weighted by atomic mass is 32.1. The number of hydrogen-bond acceptors (Lipinski definition) is 5. The maximum atomic E-state index is 12.0. The van der Waals surface area contributed by atoms with Crippen LogP contribution in [0.1, 0.15) is 17.1 Å². The first-order chi connectivity index (χ1) is 13.0. The Hall–Kier alpha value is -2.93. The third kappa shape index (κ3) is 5.04. The Morgan fingerprint density at radius 2 is 2.04 bits per heavy atom. The number of thiazole rings is 1. The topological polar surface area (TPSA) is 84.2 Å². The van der Waals surface area contributed by atoms with E-state index in [4.69, 9.17) is 0 Å². The van der Waals surface area contributed by atoms with Gasteiger partial charge in [-0.2, -0.15) is 0 Å². The fourth-order valence-electron chi connectivity index (χ4n) is 2.78. The van der Waals surface area contributed by atoms with E-state index in [0.717, 1.165) is 22.3 Å². The highest BCUT2D eigenvalue weighted by Gasteiger charge is 2.08. The molecule has 2 N–H and O–H groups in total. The summed E-state index contributed by atoms with van der Waals surface area (Å²) in [5.41, 5.74) is 2.35. The molecule has 7 heteroatoms. The van der Waals surface area contributed by atoms with Crippen molar-refractivity contribution < 1.29 is 9.90 Å². The number of hydrogen-bond donors (Lipinski definition) is 2. The molecule has 27 heavy (non-hydrogen) atoms. The Bertz CT molecular complexity index is 980. The van der Waals surface area contributed by atoms with Gasteiger partial charge in [0.1, 0.15) is 5.75 Å². The van der Waals surface area contributed by atoms with Crippen LogP contribution in [0.25, 0.3) is 11.3 Å². The zero-order valence-corrected chi connectivity index (χ0v) is 15.8. The van der Waals surface area contributed by atoms with Gasteiger partial charge in [0.2, 0.25) is 5.91 Å². The van der Waals surface area contributed by atoms with Crippen molar-refractivity contribution in [3.63, 3.8) is 0 Å². The van der Waals surface area contributed by atoms with Crippen molar-refractivity contribution in [1.82, 2.24) is 14.9 Å². The molecule has 0 radical (unpaired) electrons. The van der Waals surface area contributed by atoms with Crippen molar-refractivity contribution in [2.24, 2.45) is 0 Å². The van der Waals surface area contributed by atoms with Crippen LogP contribution in [0.5, 0.6) is 5.75 Å². The Kier molecular flexibility index (Phi) is 6.03. The summed E-state index contributed by atoms with van der Waals surface area (Å²) in [6.07, 6.45) is 0.875. The second-order valence-corrected chi connectivity index (χ2v) is 7.13. The van der Waals surface area contributed by atoms with E-state index in [1.807, 2.05) is 35.7 Å². The minimum atomic E-state index is -0.309. The largest absolute Gasteiger partial charge is 0.508 e. The summed E-state index contributed by atoms with van der Waals surface area (Å²) in [5.74, 6) is -0.175. The Labute approximate surface area is 161 Å². The molecule has 0 aliphatic heterocycles. The molecule has 6 nitrogen and oxygen atoms in total. The van der Waals surface area contributed by atoms with Gasteiger partial charge in [0.25, 0.3) is 5.56 Å². The standard InChI is InChI=1S/C20H21N3O3S/c1-14-11-16(24)12-20(26)23(14)10-8-18(25)21-9-7-19-22-17(13-27-19)15-5-3-2-4-6-15/h2-6,11-13,24H,7-10H2,1H3,(H,21,25). The molecule has 1 aromatic carbocycles. The van der Waals surface area contributed by atoms with E-state index in [1.165, 1.54) is 10.6 Å². The molecule has 0 unspecified atom stereocenters. The van der Waals surface area contributed by atoms with Gasteiger partial charge in [-0.05, 0) is 13.0 Å². The van der Waals surface area contributed by atoms with Crippen LogP contribution in [-0.2, 0) is 17.8 Å². The first kappa shape index (κ1) is 18.8. The number of nitrogens with zero attached hydrogens (tertiary/aromatic N) is 2. The number of benzene rings is 1. The molecule has 0 saturated heterocycles. The summed E-state index contributed by atoms with van der Waals surface area (Å²) < 4.78 is 1.48. The molecular formula is C20H21N3O3S. The van der Waals surface area contributed by atoms with E-state index in [2.05, 4.69) is 10.3 Å². The average Bonchev–Trinajstić information content (AvgIpc) is 3.10. The number of aromatic hydroxyl groups is 1. The van der Waals surface area contributed by atoms with Crippen molar-refractivity contribution in [2.45, 2.75) is 26.3 Å². The van der Waals surface area contributed by atoms with Crippen molar-refractivity contribution in [3.8, 4) is 17.0 Å². The smallest absolute Gasteiger partial charge is 0.254 e. The number of aromatic nitrogens is 2. The van der Waals surface area contributed by atoms with Gasteiger partial charge in [-0.3, -0.25) is 9.59 Å². The molecule has 2 aromatic heterocycles. The Morgan fingerprint density at radius 3 is 2.78 bits per heavy atom. The molecule has 1 amide bonds. The zero-order chi connectivity index (χ0) is 19.2. The van der Waals surface area contributed by atoms with Crippen LogP contribution < -0.4 is 10.9 Å². The van der Waals surface area contributed by atoms with Crippen LogP contribution in [0.4, 0.5) is 0 Å². The molecule has 3 rings (SSSR count). The summed E-state index contributed by atoms with van der Waals surface area (Å²) in [4.78, 5) is 28.5. The van der Waals surface area contributed by atoms with Gasteiger partial charge in [-0.15, -0.1) is 11.3 Å². The van der Waals surface area contributed by atoms with Gasteiger partial charge < -0.3 is 15.0 Å². The van der Waals surface area contributed by atoms with Crippen LogP contribution in [0.3, 0.4) is 0 Å². The van der Waals surface area contributed by atoms with E-state index in [9.17, 15) is 14.7 Å². The third-order valence-corrected chi connectivity index (χ3v) is 5.07. The second-order valence-electron chi connectivity index (χ2n) is 6.19. The highest BCUT2D eigenvalue weighted by molar-refractivity contribution is 7.09. The number of aryl methyl sites for hydroxylation is 1. The van der Waals surface area contributed by atoms with Crippen LogP contribution in [0.2, 0.25) is 0 Å². The van der Waals surface area contributed by atoms with Gasteiger partial charge in [0.05, 0.1) is 10.7 Å². The molecular weight excluding hydrogens is 362 g/mol. The van der Waals surface area contributed by atoms with Crippen molar-refractivity contribution >= 4 is 17.2 Å². The molecule has 0 aliphatic carbocycles. The fraction of sp³-hybridized carbons (Fsp3) is 0.250. The highest BCUT2D eigenvalue weighted by Crippen LogP contribution is 2.21. The van der Waals surface area contributed by atoms with Crippen LogP contribution in [0, 0.1) is 6.92 Å². The first-order valence-electron chi connectivity index (χ1n) is 8.70. The van der Waals surface area contributed by atoms with E-state index in [0.29, 0.717) is 18.7 Å². The zero-order valence-electron chi connectivity index (χ0n) is 15.0. The van der Waals surface area contributed by atoms with Crippen molar-refractivity contribution in [1.29, 1.82) is 0 Å². The molecule has 0 atom stereocenters. The quantitative estimate of drug-likeness (QED) is 0.657. The van der Waals surface area contributed by atoms with Gasteiger partial charge in [-0.25, -0.2) is 4.98 Å². The second kappa shape index (κ2) is 8.64. The predicted molar refractivity (Wildman–Crippen MR) is 106 cm³/mol. The molecule has 2 heterocycles. The summed E-state index contributed by atoms with van der Waals surface area (Å²) in [5, 5.41) is 15.3. The first-order valence-corrected chi connectivity index (χ1v) is 9.58. The van der Waals surface area contributed by atoms with Crippen LogP contribution >= 0.6 is 11.3 Å². The number of amides is 1. The summed E-state index contributed by atoms with van der Waals surface area (Å²) in [6, 6.07) is 12.6. The van der Waals surface area contributed by atoms with Crippen LogP contribution in [0.15, 0.2) is 52.6 Å². The minimum Gasteiger partial charge on any atom is -0.508 e. The van der Waals surface area contributed by atoms with Gasteiger partial charge in [0, 0.05) is 48.6 Å². The lowest BCUT2D eigenvalue weighted by Crippen LogP contribution is -2.29. The minimum absolute atomic E-state index is 0.0588. The average molecular weight is 383 g/mol. The molecule has 0 fully saturated rings. The summed E-state index contributed by atoms with van der Waals surface area (Å²) >= 11 is 1.58. The number of nitrogens with one attached hydrogen (secondary N) is 1. The molecule has 0 aliphatic rings. The Morgan fingerprint density at radius 1 is 1.26 bits per heavy atom. The fourth-order valence-corrected chi connectivity index (χ4v) is 3.58. The van der Waals surface area contributed by atoms with Gasteiger partial charge in [-0.1, -0.05) is 30.3 Å². The molecule has 140 valence electrons. The normalized spacial score (nSPS) is 10.7. The number of carbonyl (C=O) groups is 1. The molecule has 3 aromatic rings. The van der Waals surface area contributed by atoms with Crippen molar-refractivity contribution in [3.05, 3.63) is 68.9 Å². The molecule has 0 spiro atoms. The summed E-state index contributed by atoms with van der Waals surface area (Å²) in [7, 11) is 0. The van der Waals surface area contributed by atoms with Gasteiger partial charge >= 0.3 is 0 Å². The number of carbonyl (C=O) groups excluding carboxylic acids is 1. The Balaban J connectivity index is 1.47. The maximum Gasteiger partial charge on any atom is 0.254 e. The summed E-state index contributed by atoms with van der Waals surface area (Å²) in [6.45, 7) is 2.52. The molecule has 0 saturated carbocycles. The number of pyridine rings is 1. The maximum absolute atomic E-state index is 12.0. The molecule has 0 bridgehead atoms. The van der Waals surface area contributed by atoms with Crippen LogP contribution in [-0.4, -0.2) is 27.1 Å². The lowest BCUT2D eigenvalue weighted by molar-refractivity contribution is -0.121. The lowest BCUT2D eigenvalue weighted by atomic mass is 10.2. The third-order valence-electron chi connectivity index (χ3n) is 4.16.